The van der Waals surface area contributed by atoms with Crippen LogP contribution in [0.4, 0.5) is 14.9 Å². The Morgan fingerprint density at radius 3 is 2.15 bits per heavy atom. The zero-order valence-electron chi connectivity index (χ0n) is 13.6. The summed E-state index contributed by atoms with van der Waals surface area (Å²) in [5, 5.41) is 5.00. The molecule has 2 amide bonds. The highest BCUT2D eigenvalue weighted by molar-refractivity contribution is 7.89. The number of amides is 2. The van der Waals surface area contributed by atoms with Crippen LogP contribution in [0.3, 0.4) is 0 Å². The molecule has 0 fully saturated rings. The number of primary sulfonamides is 1. The first-order valence-electron chi connectivity index (χ1n) is 7.14. The molecule has 0 saturated carbocycles. The van der Waals surface area contributed by atoms with Crippen molar-refractivity contribution in [3.8, 4) is 5.75 Å². The number of benzene rings is 2. The number of hydrogen-bond acceptors (Lipinski definition) is 6. The molecule has 0 heterocycles. The molecule has 0 aliphatic heterocycles. The summed E-state index contributed by atoms with van der Waals surface area (Å²) < 4.78 is 45.2. The number of sulfonamides is 1. The van der Waals surface area contributed by atoms with Crippen molar-refractivity contribution in [2.45, 2.75) is 4.90 Å². The van der Waals surface area contributed by atoms with Gasteiger partial charge in [0.2, 0.25) is 10.0 Å². The standard InChI is InChI=1S/C16H15FN2O6S/c1-24-16(21)19(12-4-8-14(9-5-12)26(18,22)23)15(20)10-25-13-6-2-11(17)3-7-13/h2-9H,10H2,1H3,(H2,18,22,23). The van der Waals surface area contributed by atoms with E-state index in [1.807, 2.05) is 0 Å². The maximum absolute atomic E-state index is 12.9. The predicted octanol–water partition coefficient (Wildman–Crippen LogP) is 1.65. The van der Waals surface area contributed by atoms with Gasteiger partial charge in [0.05, 0.1) is 17.7 Å². The average molecular weight is 382 g/mol. The van der Waals surface area contributed by atoms with Gasteiger partial charge in [-0.05, 0) is 48.5 Å². The molecule has 2 rings (SSSR count). The van der Waals surface area contributed by atoms with E-state index in [2.05, 4.69) is 4.74 Å². The lowest BCUT2D eigenvalue weighted by Crippen LogP contribution is -2.40. The summed E-state index contributed by atoms with van der Waals surface area (Å²) in [6.45, 7) is -0.530. The van der Waals surface area contributed by atoms with Crippen molar-refractivity contribution in [3.05, 3.63) is 54.3 Å². The van der Waals surface area contributed by atoms with Crippen molar-refractivity contribution in [2.24, 2.45) is 5.14 Å². The average Bonchev–Trinajstić information content (AvgIpc) is 2.61. The highest BCUT2D eigenvalue weighted by Gasteiger charge is 2.25. The summed E-state index contributed by atoms with van der Waals surface area (Å²) in [4.78, 5) is 24.8. The van der Waals surface area contributed by atoms with Gasteiger partial charge in [0.1, 0.15) is 11.6 Å². The van der Waals surface area contributed by atoms with E-state index in [-0.39, 0.29) is 16.3 Å². The molecule has 0 unspecified atom stereocenters. The second-order valence-corrected chi connectivity index (χ2v) is 6.54. The summed E-state index contributed by atoms with van der Waals surface area (Å²) >= 11 is 0. The maximum Gasteiger partial charge on any atom is 0.421 e. The van der Waals surface area contributed by atoms with Crippen LogP contribution < -0.4 is 14.8 Å². The van der Waals surface area contributed by atoms with Crippen molar-refractivity contribution >= 4 is 27.7 Å². The Morgan fingerprint density at radius 1 is 1.08 bits per heavy atom. The topological polar surface area (TPSA) is 116 Å². The van der Waals surface area contributed by atoms with Gasteiger partial charge in [-0.2, -0.15) is 0 Å². The fraction of sp³-hybridized carbons (Fsp3) is 0.125. The van der Waals surface area contributed by atoms with Gasteiger partial charge in [0.15, 0.2) is 6.61 Å². The maximum atomic E-state index is 12.9. The van der Waals surface area contributed by atoms with Crippen molar-refractivity contribution < 1.29 is 31.9 Å². The van der Waals surface area contributed by atoms with Crippen molar-refractivity contribution in [2.75, 3.05) is 18.6 Å². The van der Waals surface area contributed by atoms with Crippen molar-refractivity contribution in [1.82, 2.24) is 0 Å². The molecule has 0 aliphatic rings. The van der Waals surface area contributed by atoms with Crippen LogP contribution in [-0.2, 0) is 19.6 Å². The molecule has 0 saturated heterocycles. The second kappa shape index (κ2) is 7.93. The number of nitrogens with two attached hydrogens (primary N) is 1. The van der Waals surface area contributed by atoms with Crippen LogP contribution in [0.15, 0.2) is 53.4 Å². The molecule has 10 heteroatoms. The van der Waals surface area contributed by atoms with Gasteiger partial charge < -0.3 is 9.47 Å². The Labute approximate surface area is 149 Å². The molecule has 8 nitrogen and oxygen atoms in total. The zero-order chi connectivity index (χ0) is 19.3. The fourth-order valence-electron chi connectivity index (χ4n) is 1.97. The van der Waals surface area contributed by atoms with Gasteiger partial charge in [-0.1, -0.05) is 0 Å². The number of imide groups is 1. The minimum absolute atomic E-state index is 0.0666. The van der Waals surface area contributed by atoms with E-state index in [9.17, 15) is 22.4 Å². The van der Waals surface area contributed by atoms with Crippen molar-refractivity contribution in [3.63, 3.8) is 0 Å². The SMILES string of the molecule is COC(=O)N(C(=O)COc1ccc(F)cc1)c1ccc(S(N)(=O)=O)cc1. The van der Waals surface area contributed by atoms with Gasteiger partial charge in [-0.25, -0.2) is 27.6 Å². The fourth-order valence-corrected chi connectivity index (χ4v) is 2.48. The Hall–Kier alpha value is -2.98. The Bertz CT molecular complexity index is 897. The minimum atomic E-state index is -3.92. The number of carbonyl (C=O) groups is 2. The van der Waals surface area contributed by atoms with E-state index in [1.54, 1.807) is 0 Å². The molecule has 138 valence electrons. The van der Waals surface area contributed by atoms with E-state index in [0.717, 1.165) is 31.4 Å². The van der Waals surface area contributed by atoms with E-state index in [4.69, 9.17) is 9.88 Å². The van der Waals surface area contributed by atoms with Gasteiger partial charge in [0.25, 0.3) is 5.91 Å². The van der Waals surface area contributed by atoms with E-state index < -0.39 is 34.4 Å². The molecule has 0 bridgehead atoms. The lowest BCUT2D eigenvalue weighted by Gasteiger charge is -2.19. The molecule has 26 heavy (non-hydrogen) atoms. The van der Waals surface area contributed by atoms with Gasteiger partial charge >= 0.3 is 6.09 Å². The molecular formula is C16H15FN2O6S. The van der Waals surface area contributed by atoms with E-state index in [1.165, 1.54) is 24.3 Å². The third kappa shape index (κ3) is 4.77. The number of rotatable bonds is 5. The lowest BCUT2D eigenvalue weighted by atomic mass is 10.3. The number of anilines is 1. The largest absolute Gasteiger partial charge is 0.484 e. The number of nitrogens with zero attached hydrogens (tertiary/aromatic N) is 1. The van der Waals surface area contributed by atoms with Crippen LogP contribution in [0.5, 0.6) is 5.75 Å². The smallest absolute Gasteiger partial charge is 0.421 e. The zero-order valence-corrected chi connectivity index (χ0v) is 14.4. The summed E-state index contributed by atoms with van der Waals surface area (Å²) in [5.41, 5.74) is 0.0666. The number of ether oxygens (including phenoxy) is 2. The van der Waals surface area contributed by atoms with Gasteiger partial charge in [0, 0.05) is 0 Å². The van der Waals surface area contributed by atoms with E-state index >= 15 is 0 Å². The Morgan fingerprint density at radius 2 is 1.65 bits per heavy atom. The first-order valence-corrected chi connectivity index (χ1v) is 8.69. The molecule has 2 N–H and O–H groups in total. The van der Waals surface area contributed by atoms with Crippen LogP contribution in [0.25, 0.3) is 0 Å². The molecule has 2 aromatic rings. The lowest BCUT2D eigenvalue weighted by molar-refractivity contribution is -0.120. The number of halogens is 1. The van der Waals surface area contributed by atoms with Crippen LogP contribution in [0, 0.1) is 5.82 Å². The molecule has 0 aromatic heterocycles. The number of carbonyl (C=O) groups excluding carboxylic acids is 2. The molecule has 0 spiro atoms. The monoisotopic (exact) mass is 382 g/mol. The summed E-state index contributed by atoms with van der Waals surface area (Å²) in [6.07, 6.45) is -0.985. The Balaban J connectivity index is 2.19. The highest BCUT2D eigenvalue weighted by Crippen LogP contribution is 2.19. The first kappa shape index (κ1) is 19.3. The number of methoxy groups -OCH3 is 1. The van der Waals surface area contributed by atoms with E-state index in [0.29, 0.717) is 4.90 Å². The van der Waals surface area contributed by atoms with Crippen LogP contribution >= 0.6 is 0 Å². The summed E-state index contributed by atoms with van der Waals surface area (Å²) in [6, 6.07) is 9.72. The molecule has 0 aliphatic carbocycles. The highest BCUT2D eigenvalue weighted by atomic mass is 32.2. The third-order valence-electron chi connectivity index (χ3n) is 3.21. The van der Waals surface area contributed by atoms with Crippen LogP contribution in [0.2, 0.25) is 0 Å². The molecule has 2 aromatic carbocycles. The molecule has 0 atom stereocenters. The quantitative estimate of drug-likeness (QED) is 0.841. The second-order valence-electron chi connectivity index (χ2n) is 4.98. The van der Waals surface area contributed by atoms with Gasteiger partial charge in [-0.15, -0.1) is 0 Å². The summed E-state index contributed by atoms with van der Waals surface area (Å²) in [5.74, 6) is -1.01. The molecular weight excluding hydrogens is 367 g/mol. The summed E-state index contributed by atoms with van der Waals surface area (Å²) in [7, 11) is -2.83. The van der Waals surface area contributed by atoms with Crippen LogP contribution in [0.1, 0.15) is 0 Å². The first-order chi connectivity index (χ1) is 12.2. The van der Waals surface area contributed by atoms with Crippen LogP contribution in [-0.4, -0.2) is 34.1 Å². The third-order valence-corrected chi connectivity index (χ3v) is 4.14. The van der Waals surface area contributed by atoms with Crippen molar-refractivity contribution in [1.29, 1.82) is 0 Å². The minimum Gasteiger partial charge on any atom is -0.484 e. The Kier molecular flexibility index (Phi) is 5.90. The number of hydrogen-bond donors (Lipinski definition) is 1. The van der Waals surface area contributed by atoms with Gasteiger partial charge in [-0.3, -0.25) is 4.79 Å². The molecule has 0 radical (unpaired) electrons. The predicted molar refractivity (Wildman–Crippen MR) is 89.6 cm³/mol. The normalized spacial score (nSPS) is 10.9.